The topological polar surface area (TPSA) is 96.0 Å². The van der Waals surface area contributed by atoms with Gasteiger partial charge in [0, 0.05) is 32.0 Å². The maximum Gasteiger partial charge on any atom is 0.243 e. The van der Waals surface area contributed by atoms with Crippen molar-refractivity contribution in [3.63, 3.8) is 0 Å². The quantitative estimate of drug-likeness (QED) is 0.242. The summed E-state index contributed by atoms with van der Waals surface area (Å²) >= 11 is 6.26. The summed E-state index contributed by atoms with van der Waals surface area (Å²) in [6.45, 7) is 0.119. The second-order valence-corrected chi connectivity index (χ2v) is 13.4. The molecule has 0 heterocycles. The van der Waals surface area contributed by atoms with Crippen molar-refractivity contribution < 1.29 is 27.1 Å². The van der Waals surface area contributed by atoms with Crippen molar-refractivity contribution >= 4 is 39.1 Å². The fourth-order valence-corrected chi connectivity index (χ4v) is 6.73. The molecule has 1 atom stereocenters. The Morgan fingerprint density at radius 2 is 1.70 bits per heavy atom. The number of nitrogens with zero attached hydrogens (tertiary/aromatic N) is 2. The average Bonchev–Trinajstić information content (AvgIpc) is 3.51. The molecule has 0 aliphatic heterocycles. The first kappa shape index (κ1) is 33.3. The van der Waals surface area contributed by atoms with Crippen LogP contribution < -0.4 is 14.4 Å². The third-order valence-electron chi connectivity index (χ3n) is 7.81. The smallest absolute Gasteiger partial charge is 0.243 e. The molecule has 3 aromatic carbocycles. The monoisotopic (exact) mass is 643 g/mol. The molecule has 0 unspecified atom stereocenters. The standard InChI is InChI=1S/C33H39ClFN3O5S/c1-43-31-19-18-28(22-29(31)34)38(44(2,41)42)20-8-13-32(39)37(23-25-14-16-26(35)17-15-25)30(21-24-9-4-3-5-10-24)33(40)36-27-11-6-7-12-27/h3-5,9-10,14-19,22,27,30H,6-8,11-13,20-21,23H2,1-2H3,(H,36,40)/t30-/m1/s1. The van der Waals surface area contributed by atoms with E-state index in [9.17, 15) is 22.4 Å². The summed E-state index contributed by atoms with van der Waals surface area (Å²) in [6.07, 6.45) is 5.45. The number of sulfonamides is 1. The molecule has 4 rings (SSSR count). The Kier molecular flexibility index (Phi) is 11.6. The number of halogens is 2. The Labute approximate surface area is 264 Å². The van der Waals surface area contributed by atoms with Crippen molar-refractivity contribution in [1.29, 1.82) is 0 Å². The summed E-state index contributed by atoms with van der Waals surface area (Å²) in [6, 6.07) is 19.3. The van der Waals surface area contributed by atoms with Gasteiger partial charge in [-0.25, -0.2) is 12.8 Å². The summed E-state index contributed by atoms with van der Waals surface area (Å²) in [5, 5.41) is 3.42. The lowest BCUT2D eigenvalue weighted by Crippen LogP contribution is -2.52. The zero-order chi connectivity index (χ0) is 31.7. The van der Waals surface area contributed by atoms with Crippen molar-refractivity contribution in [3.05, 3.63) is 94.8 Å². The van der Waals surface area contributed by atoms with Crippen LogP contribution in [0.4, 0.5) is 10.1 Å². The number of methoxy groups -OCH3 is 1. The number of benzene rings is 3. The van der Waals surface area contributed by atoms with Gasteiger partial charge in [0.1, 0.15) is 17.6 Å². The highest BCUT2D eigenvalue weighted by Gasteiger charge is 2.32. The van der Waals surface area contributed by atoms with Crippen LogP contribution in [0.3, 0.4) is 0 Å². The molecule has 11 heteroatoms. The molecule has 0 aromatic heterocycles. The van der Waals surface area contributed by atoms with Crippen LogP contribution >= 0.6 is 11.6 Å². The van der Waals surface area contributed by atoms with Gasteiger partial charge in [0.2, 0.25) is 21.8 Å². The van der Waals surface area contributed by atoms with Gasteiger partial charge in [0.25, 0.3) is 0 Å². The van der Waals surface area contributed by atoms with Crippen LogP contribution in [0.25, 0.3) is 0 Å². The molecule has 8 nitrogen and oxygen atoms in total. The first-order chi connectivity index (χ1) is 21.0. The zero-order valence-corrected chi connectivity index (χ0v) is 26.6. The van der Waals surface area contributed by atoms with Gasteiger partial charge in [0.05, 0.1) is 24.1 Å². The number of hydrogen-bond acceptors (Lipinski definition) is 5. The highest BCUT2D eigenvalue weighted by Crippen LogP contribution is 2.30. The average molecular weight is 644 g/mol. The molecule has 1 aliphatic carbocycles. The highest BCUT2D eigenvalue weighted by molar-refractivity contribution is 7.92. The molecule has 1 saturated carbocycles. The summed E-state index contributed by atoms with van der Waals surface area (Å²) < 4.78 is 45.5. The predicted molar refractivity (Wildman–Crippen MR) is 171 cm³/mol. The molecule has 1 fully saturated rings. The van der Waals surface area contributed by atoms with Crippen LogP contribution in [0.5, 0.6) is 5.75 Å². The first-order valence-electron chi connectivity index (χ1n) is 14.7. The molecule has 1 aliphatic rings. The fourth-order valence-electron chi connectivity index (χ4n) is 5.52. The SMILES string of the molecule is COc1ccc(N(CCCC(=O)N(Cc2ccc(F)cc2)[C@H](Cc2ccccc2)C(=O)NC2CCCC2)S(C)(=O)=O)cc1Cl. The number of ether oxygens (including phenoxy) is 1. The van der Waals surface area contributed by atoms with Crippen LogP contribution in [0.1, 0.15) is 49.7 Å². The molecule has 0 spiro atoms. The largest absolute Gasteiger partial charge is 0.495 e. The van der Waals surface area contributed by atoms with E-state index >= 15 is 0 Å². The number of carbonyl (C=O) groups is 2. The molecular formula is C33H39ClFN3O5S. The van der Waals surface area contributed by atoms with Gasteiger partial charge >= 0.3 is 0 Å². The molecular weight excluding hydrogens is 605 g/mol. The molecule has 2 amide bonds. The van der Waals surface area contributed by atoms with Crippen LogP contribution in [-0.4, -0.2) is 57.1 Å². The number of anilines is 1. The minimum atomic E-state index is -3.70. The Hall–Kier alpha value is -3.63. The molecule has 236 valence electrons. The van der Waals surface area contributed by atoms with Gasteiger partial charge in [-0.1, -0.05) is 66.9 Å². The Morgan fingerprint density at radius 1 is 1.02 bits per heavy atom. The fraction of sp³-hybridized carbons (Fsp3) is 0.394. The predicted octanol–water partition coefficient (Wildman–Crippen LogP) is 5.73. The van der Waals surface area contributed by atoms with Crippen molar-refractivity contribution in [2.45, 2.75) is 63.6 Å². The van der Waals surface area contributed by atoms with E-state index in [4.69, 9.17) is 16.3 Å². The van der Waals surface area contributed by atoms with Crippen LogP contribution in [0, 0.1) is 5.82 Å². The van der Waals surface area contributed by atoms with Crippen molar-refractivity contribution in [3.8, 4) is 5.75 Å². The summed E-state index contributed by atoms with van der Waals surface area (Å²) in [5.74, 6) is -0.526. The van der Waals surface area contributed by atoms with E-state index in [2.05, 4.69) is 5.32 Å². The summed E-state index contributed by atoms with van der Waals surface area (Å²) in [7, 11) is -2.23. The summed E-state index contributed by atoms with van der Waals surface area (Å²) in [4.78, 5) is 29.3. The number of carbonyl (C=O) groups excluding carboxylic acids is 2. The van der Waals surface area contributed by atoms with Crippen molar-refractivity contribution in [2.75, 3.05) is 24.2 Å². The Balaban J connectivity index is 1.58. The second kappa shape index (κ2) is 15.4. The highest BCUT2D eigenvalue weighted by atomic mass is 35.5. The van der Waals surface area contributed by atoms with Gasteiger partial charge < -0.3 is 15.0 Å². The third-order valence-corrected chi connectivity index (χ3v) is 9.30. The van der Waals surface area contributed by atoms with Crippen LogP contribution in [0.15, 0.2) is 72.8 Å². The molecule has 1 N–H and O–H groups in total. The third kappa shape index (κ3) is 9.19. The number of nitrogens with one attached hydrogen (secondary N) is 1. The molecule has 0 saturated heterocycles. The van der Waals surface area contributed by atoms with E-state index in [1.165, 1.54) is 29.6 Å². The lowest BCUT2D eigenvalue weighted by atomic mass is 10.0. The first-order valence-corrected chi connectivity index (χ1v) is 17.0. The molecule has 44 heavy (non-hydrogen) atoms. The van der Waals surface area contributed by atoms with E-state index in [-0.39, 0.29) is 48.8 Å². The molecule has 0 radical (unpaired) electrons. The van der Waals surface area contributed by atoms with E-state index < -0.39 is 21.9 Å². The van der Waals surface area contributed by atoms with Crippen LogP contribution in [0.2, 0.25) is 5.02 Å². The second-order valence-electron chi connectivity index (χ2n) is 11.1. The number of hydrogen-bond donors (Lipinski definition) is 1. The molecule has 3 aromatic rings. The van der Waals surface area contributed by atoms with Crippen molar-refractivity contribution in [1.82, 2.24) is 10.2 Å². The Bertz CT molecular complexity index is 1520. The van der Waals surface area contributed by atoms with Crippen molar-refractivity contribution in [2.24, 2.45) is 0 Å². The normalized spacial score (nSPS) is 14.2. The Morgan fingerprint density at radius 3 is 2.32 bits per heavy atom. The zero-order valence-electron chi connectivity index (χ0n) is 25.0. The maximum absolute atomic E-state index is 14.0. The summed E-state index contributed by atoms with van der Waals surface area (Å²) in [5.41, 5.74) is 1.93. The van der Waals surface area contributed by atoms with E-state index in [0.717, 1.165) is 37.5 Å². The van der Waals surface area contributed by atoms with Gasteiger partial charge in [-0.3, -0.25) is 13.9 Å². The molecule has 0 bridgehead atoms. The van der Waals surface area contributed by atoms with Gasteiger partial charge in [-0.15, -0.1) is 0 Å². The van der Waals surface area contributed by atoms with Crippen LogP contribution in [-0.2, 0) is 32.6 Å². The van der Waals surface area contributed by atoms with E-state index in [1.54, 1.807) is 29.2 Å². The minimum absolute atomic E-state index is 0.0148. The lowest BCUT2D eigenvalue weighted by molar-refractivity contribution is -0.141. The van der Waals surface area contributed by atoms with E-state index in [0.29, 0.717) is 23.4 Å². The van der Waals surface area contributed by atoms with Gasteiger partial charge in [-0.05, 0) is 60.7 Å². The van der Waals surface area contributed by atoms with Gasteiger partial charge in [-0.2, -0.15) is 0 Å². The number of rotatable bonds is 14. The minimum Gasteiger partial charge on any atom is -0.495 e. The lowest BCUT2D eigenvalue weighted by Gasteiger charge is -2.33. The number of amides is 2. The van der Waals surface area contributed by atoms with E-state index in [1.807, 2.05) is 30.3 Å². The maximum atomic E-state index is 14.0. The van der Waals surface area contributed by atoms with Gasteiger partial charge in [0.15, 0.2) is 0 Å².